The number of hydrogen-bond donors (Lipinski definition) is 1. The molecule has 2 aliphatic rings. The molecule has 1 aliphatic carbocycles. The van der Waals surface area contributed by atoms with Gasteiger partial charge in [-0.3, -0.25) is 4.98 Å². The Bertz CT molecular complexity index is 799. The average molecular weight is 384 g/mol. The Morgan fingerprint density at radius 2 is 2.07 bits per heavy atom. The number of benzene rings is 1. The van der Waals surface area contributed by atoms with Crippen LogP contribution in [-0.2, 0) is 6.54 Å². The van der Waals surface area contributed by atoms with E-state index in [2.05, 4.69) is 28.2 Å². The molecule has 0 bridgehead atoms. The standard InChI is InChI=1S/C21H25N3O2S/c1-15-5-2-3-7-18(15)23-21(27)24(13-16-6-4-10-22-12-16)17-8-9-19-20(11-17)26-14-25-19/h4,6,8-12,15,18H,2-3,5,7,13-14H2,1H3,(H,23,27)/t15-,18+/m0/s1. The molecule has 2 atom stereocenters. The number of rotatable bonds is 4. The van der Waals surface area contributed by atoms with Gasteiger partial charge in [0.15, 0.2) is 16.6 Å². The van der Waals surface area contributed by atoms with Gasteiger partial charge in [-0.1, -0.05) is 25.8 Å². The SMILES string of the molecule is C[C@H]1CCCC[C@H]1NC(=S)N(Cc1cccnc1)c1ccc2c(c1)OCO2. The fourth-order valence-electron chi connectivity index (χ4n) is 3.77. The van der Waals surface area contributed by atoms with Crippen LogP contribution in [0.3, 0.4) is 0 Å². The fraction of sp³-hybridized carbons (Fsp3) is 0.429. The summed E-state index contributed by atoms with van der Waals surface area (Å²) in [7, 11) is 0. The van der Waals surface area contributed by atoms with E-state index in [4.69, 9.17) is 21.7 Å². The first kappa shape index (κ1) is 18.0. The number of ether oxygens (including phenoxy) is 2. The van der Waals surface area contributed by atoms with Crippen LogP contribution >= 0.6 is 12.2 Å². The number of thiocarbonyl (C=S) groups is 1. The summed E-state index contributed by atoms with van der Waals surface area (Å²) in [5.74, 6) is 2.17. The highest BCUT2D eigenvalue weighted by Crippen LogP contribution is 2.36. The lowest BCUT2D eigenvalue weighted by Crippen LogP contribution is -2.47. The van der Waals surface area contributed by atoms with Gasteiger partial charge in [-0.25, -0.2) is 0 Å². The molecule has 4 rings (SSSR count). The number of anilines is 1. The molecule has 0 unspecified atom stereocenters. The maximum atomic E-state index is 5.84. The van der Waals surface area contributed by atoms with Crippen molar-refractivity contribution < 1.29 is 9.47 Å². The van der Waals surface area contributed by atoms with Crippen molar-refractivity contribution in [1.29, 1.82) is 0 Å². The number of fused-ring (bicyclic) bond motifs is 1. The Morgan fingerprint density at radius 3 is 2.89 bits per heavy atom. The third-order valence-electron chi connectivity index (χ3n) is 5.40. The zero-order valence-corrected chi connectivity index (χ0v) is 16.4. The second-order valence-corrected chi connectivity index (χ2v) is 7.69. The highest BCUT2D eigenvalue weighted by atomic mass is 32.1. The lowest BCUT2D eigenvalue weighted by atomic mass is 9.86. The topological polar surface area (TPSA) is 46.6 Å². The van der Waals surface area contributed by atoms with Crippen molar-refractivity contribution in [3.8, 4) is 11.5 Å². The van der Waals surface area contributed by atoms with Crippen LogP contribution in [0.2, 0.25) is 0 Å². The van der Waals surface area contributed by atoms with Gasteiger partial charge in [0.25, 0.3) is 0 Å². The van der Waals surface area contributed by atoms with E-state index in [0.717, 1.165) is 27.9 Å². The van der Waals surface area contributed by atoms with Crippen molar-refractivity contribution in [2.75, 3.05) is 11.7 Å². The summed E-state index contributed by atoms with van der Waals surface area (Å²) in [6.45, 7) is 3.23. The van der Waals surface area contributed by atoms with E-state index in [-0.39, 0.29) is 6.79 Å². The summed E-state index contributed by atoms with van der Waals surface area (Å²) in [6.07, 6.45) is 8.67. The predicted octanol–water partition coefficient (Wildman–Crippen LogP) is 4.27. The van der Waals surface area contributed by atoms with Crippen LogP contribution in [0.4, 0.5) is 5.69 Å². The zero-order valence-electron chi connectivity index (χ0n) is 15.6. The largest absolute Gasteiger partial charge is 0.454 e. The molecule has 1 N–H and O–H groups in total. The lowest BCUT2D eigenvalue weighted by Gasteiger charge is -2.34. The smallest absolute Gasteiger partial charge is 0.231 e. The molecular weight excluding hydrogens is 358 g/mol. The molecule has 0 amide bonds. The van der Waals surface area contributed by atoms with E-state index in [1.165, 1.54) is 25.7 Å². The molecule has 1 saturated carbocycles. The molecule has 0 spiro atoms. The number of nitrogens with zero attached hydrogens (tertiary/aromatic N) is 2. The molecule has 1 aliphatic heterocycles. The summed E-state index contributed by atoms with van der Waals surface area (Å²) >= 11 is 5.84. The molecule has 27 heavy (non-hydrogen) atoms. The molecule has 142 valence electrons. The number of pyridine rings is 1. The van der Waals surface area contributed by atoms with E-state index >= 15 is 0 Å². The van der Waals surface area contributed by atoms with Crippen molar-refractivity contribution >= 4 is 23.0 Å². The highest BCUT2D eigenvalue weighted by molar-refractivity contribution is 7.80. The van der Waals surface area contributed by atoms with Crippen LogP contribution in [0.5, 0.6) is 11.5 Å². The van der Waals surface area contributed by atoms with E-state index in [0.29, 0.717) is 18.5 Å². The summed E-state index contributed by atoms with van der Waals surface area (Å²) in [4.78, 5) is 6.36. The zero-order chi connectivity index (χ0) is 18.6. The molecule has 0 saturated heterocycles. The van der Waals surface area contributed by atoms with Crippen LogP contribution in [0.1, 0.15) is 38.2 Å². The number of hydrogen-bond acceptors (Lipinski definition) is 4. The van der Waals surface area contributed by atoms with Gasteiger partial charge in [-0.2, -0.15) is 0 Å². The summed E-state index contributed by atoms with van der Waals surface area (Å²) in [6, 6.07) is 10.4. The maximum Gasteiger partial charge on any atom is 0.231 e. The number of nitrogens with one attached hydrogen (secondary N) is 1. The minimum atomic E-state index is 0.268. The van der Waals surface area contributed by atoms with E-state index in [9.17, 15) is 0 Å². The summed E-state index contributed by atoms with van der Waals surface area (Å²) < 4.78 is 11.0. The van der Waals surface area contributed by atoms with Gasteiger partial charge >= 0.3 is 0 Å². The fourth-order valence-corrected chi connectivity index (χ4v) is 4.10. The molecule has 1 aromatic heterocycles. The Labute approximate surface area is 165 Å². The number of aromatic nitrogens is 1. The van der Waals surface area contributed by atoms with Crippen LogP contribution in [-0.4, -0.2) is 22.9 Å². The van der Waals surface area contributed by atoms with E-state index < -0.39 is 0 Å². The van der Waals surface area contributed by atoms with Crippen molar-refractivity contribution in [3.05, 3.63) is 48.3 Å². The van der Waals surface area contributed by atoms with Gasteiger partial charge in [0.2, 0.25) is 6.79 Å². The van der Waals surface area contributed by atoms with Gasteiger partial charge in [-0.05, 0) is 54.7 Å². The van der Waals surface area contributed by atoms with Gasteiger partial charge in [0.05, 0.1) is 6.54 Å². The quantitative estimate of drug-likeness (QED) is 0.796. The van der Waals surface area contributed by atoms with E-state index in [1.54, 1.807) is 6.20 Å². The molecule has 2 heterocycles. The van der Waals surface area contributed by atoms with Gasteiger partial charge in [-0.15, -0.1) is 0 Å². The Balaban J connectivity index is 1.58. The lowest BCUT2D eigenvalue weighted by molar-refractivity contribution is 0.174. The Kier molecular flexibility index (Phi) is 5.43. The Morgan fingerprint density at radius 1 is 1.22 bits per heavy atom. The molecule has 2 aromatic rings. The third-order valence-corrected chi connectivity index (χ3v) is 5.74. The first-order chi connectivity index (χ1) is 13.2. The van der Waals surface area contributed by atoms with Crippen molar-refractivity contribution in [2.24, 2.45) is 5.92 Å². The molecule has 0 radical (unpaired) electrons. The maximum absolute atomic E-state index is 5.84. The minimum Gasteiger partial charge on any atom is -0.454 e. The van der Waals surface area contributed by atoms with Crippen molar-refractivity contribution in [3.63, 3.8) is 0 Å². The van der Waals surface area contributed by atoms with Crippen LogP contribution in [0.25, 0.3) is 0 Å². The summed E-state index contributed by atoms with van der Waals surface area (Å²) in [5, 5.41) is 4.37. The Hall–Kier alpha value is -2.34. The molecule has 6 heteroatoms. The van der Waals surface area contributed by atoms with E-state index in [1.807, 2.05) is 30.5 Å². The average Bonchev–Trinajstić information content (AvgIpc) is 3.16. The second kappa shape index (κ2) is 8.13. The molecule has 1 aromatic carbocycles. The van der Waals surface area contributed by atoms with Crippen LogP contribution < -0.4 is 19.7 Å². The first-order valence-corrected chi connectivity index (χ1v) is 9.98. The van der Waals surface area contributed by atoms with Gasteiger partial charge in [0, 0.05) is 30.2 Å². The molecule has 5 nitrogen and oxygen atoms in total. The predicted molar refractivity (Wildman–Crippen MR) is 110 cm³/mol. The molecule has 1 fully saturated rings. The van der Waals surface area contributed by atoms with Crippen molar-refractivity contribution in [1.82, 2.24) is 10.3 Å². The highest BCUT2D eigenvalue weighted by Gasteiger charge is 2.25. The minimum absolute atomic E-state index is 0.268. The normalized spacial score (nSPS) is 20.9. The van der Waals surface area contributed by atoms with Crippen LogP contribution in [0.15, 0.2) is 42.7 Å². The van der Waals surface area contributed by atoms with Gasteiger partial charge < -0.3 is 19.7 Å². The second-order valence-electron chi connectivity index (χ2n) is 7.30. The summed E-state index contributed by atoms with van der Waals surface area (Å²) in [5.41, 5.74) is 2.10. The third kappa shape index (κ3) is 4.16. The van der Waals surface area contributed by atoms with Crippen molar-refractivity contribution in [2.45, 2.75) is 45.2 Å². The first-order valence-electron chi connectivity index (χ1n) is 9.57. The molecular formula is C21H25N3O2S. The monoisotopic (exact) mass is 383 g/mol. The van der Waals surface area contributed by atoms with Gasteiger partial charge in [0.1, 0.15) is 0 Å². The van der Waals surface area contributed by atoms with Crippen LogP contribution in [0, 0.1) is 5.92 Å².